The zero-order valence-electron chi connectivity index (χ0n) is 13.4. The van der Waals surface area contributed by atoms with Crippen LogP contribution in [0.15, 0.2) is 12.3 Å². The van der Waals surface area contributed by atoms with Gasteiger partial charge in [0.05, 0.1) is 5.02 Å². The molecular formula is C17H28ClN3. The van der Waals surface area contributed by atoms with Crippen molar-refractivity contribution in [3.8, 4) is 0 Å². The number of piperidine rings is 1. The lowest BCUT2D eigenvalue weighted by Gasteiger charge is -2.37. The Bertz CT molecular complexity index is 434. The Morgan fingerprint density at radius 3 is 2.90 bits per heavy atom. The van der Waals surface area contributed by atoms with E-state index in [9.17, 15) is 0 Å². The zero-order valence-corrected chi connectivity index (χ0v) is 14.1. The molecule has 1 fully saturated rings. The monoisotopic (exact) mass is 309 g/mol. The maximum atomic E-state index is 6.51. The molecule has 0 radical (unpaired) electrons. The molecule has 3 nitrogen and oxygen atoms in total. The fourth-order valence-corrected chi connectivity index (χ4v) is 3.40. The lowest BCUT2D eigenvalue weighted by Crippen LogP contribution is -2.40. The number of nitrogens with zero attached hydrogens (tertiary/aromatic N) is 2. The van der Waals surface area contributed by atoms with Crippen LogP contribution >= 0.6 is 11.6 Å². The summed E-state index contributed by atoms with van der Waals surface area (Å²) >= 11 is 6.51. The third-order valence-electron chi connectivity index (χ3n) is 4.16. The first kappa shape index (κ1) is 16.6. The van der Waals surface area contributed by atoms with Crippen LogP contribution in [0.4, 0.5) is 5.82 Å². The Hall–Kier alpha value is -0.800. The predicted molar refractivity (Wildman–Crippen MR) is 91.1 cm³/mol. The summed E-state index contributed by atoms with van der Waals surface area (Å²) in [6.45, 7) is 7.39. The Morgan fingerprint density at radius 1 is 1.33 bits per heavy atom. The van der Waals surface area contributed by atoms with Crippen molar-refractivity contribution < 1.29 is 0 Å². The number of pyridine rings is 1. The van der Waals surface area contributed by atoms with E-state index in [1.807, 2.05) is 6.20 Å². The molecule has 1 aliphatic heterocycles. The third-order valence-corrected chi connectivity index (χ3v) is 4.43. The molecule has 2 rings (SSSR count). The molecule has 2 heterocycles. The molecule has 1 aliphatic rings. The van der Waals surface area contributed by atoms with Crippen molar-refractivity contribution in [2.45, 2.75) is 65.0 Å². The van der Waals surface area contributed by atoms with Gasteiger partial charge in [-0.3, -0.25) is 0 Å². The fourth-order valence-electron chi connectivity index (χ4n) is 3.10. The first-order chi connectivity index (χ1) is 10.3. The van der Waals surface area contributed by atoms with E-state index in [0.29, 0.717) is 6.04 Å². The fraction of sp³-hybridized carbons (Fsp3) is 0.706. The van der Waals surface area contributed by atoms with Gasteiger partial charge >= 0.3 is 0 Å². The maximum Gasteiger partial charge on any atom is 0.147 e. The molecule has 0 aliphatic carbocycles. The van der Waals surface area contributed by atoms with E-state index >= 15 is 0 Å². The van der Waals surface area contributed by atoms with Crippen LogP contribution in [0.5, 0.6) is 0 Å². The molecule has 0 amide bonds. The second-order valence-electron chi connectivity index (χ2n) is 5.96. The first-order valence-electron chi connectivity index (χ1n) is 8.38. The van der Waals surface area contributed by atoms with Gasteiger partial charge in [0, 0.05) is 25.3 Å². The van der Waals surface area contributed by atoms with Crippen molar-refractivity contribution in [2.24, 2.45) is 0 Å². The molecule has 1 saturated heterocycles. The highest BCUT2D eigenvalue weighted by molar-refractivity contribution is 6.33. The molecule has 1 atom stereocenters. The molecule has 4 heteroatoms. The summed E-state index contributed by atoms with van der Waals surface area (Å²) < 4.78 is 0. The number of halogens is 1. The average Bonchev–Trinajstić information content (AvgIpc) is 2.49. The molecule has 0 bridgehead atoms. The van der Waals surface area contributed by atoms with E-state index in [1.54, 1.807) is 0 Å². The van der Waals surface area contributed by atoms with Crippen LogP contribution in [0, 0.1) is 0 Å². The summed E-state index contributed by atoms with van der Waals surface area (Å²) in [6.07, 6.45) is 9.42. The summed E-state index contributed by atoms with van der Waals surface area (Å²) in [6, 6.07) is 2.68. The minimum absolute atomic E-state index is 0.609. The summed E-state index contributed by atoms with van der Waals surface area (Å²) in [4.78, 5) is 7.10. The van der Waals surface area contributed by atoms with Gasteiger partial charge in [-0.25, -0.2) is 4.98 Å². The first-order valence-corrected chi connectivity index (χ1v) is 8.75. The largest absolute Gasteiger partial charge is 0.352 e. The molecule has 0 saturated carbocycles. The highest BCUT2D eigenvalue weighted by atomic mass is 35.5. The van der Waals surface area contributed by atoms with Gasteiger partial charge in [0.1, 0.15) is 5.82 Å². The van der Waals surface area contributed by atoms with Gasteiger partial charge in [0.15, 0.2) is 0 Å². The highest BCUT2D eigenvalue weighted by Crippen LogP contribution is 2.31. The Kier molecular flexibility index (Phi) is 6.78. The highest BCUT2D eigenvalue weighted by Gasteiger charge is 2.24. The standard InChI is InChI=1S/C17H28ClN3/c1-3-7-15-8-5-6-10-21(15)17-16(18)11-14(13-20-17)12-19-9-4-2/h11,13,15,19H,3-10,12H2,1-2H3. The van der Waals surface area contributed by atoms with Crippen LogP contribution in [0.3, 0.4) is 0 Å². The predicted octanol–water partition coefficient (Wildman–Crippen LogP) is 4.39. The summed E-state index contributed by atoms with van der Waals surface area (Å²) in [5.41, 5.74) is 1.17. The van der Waals surface area contributed by atoms with Gasteiger partial charge in [-0.1, -0.05) is 31.9 Å². The smallest absolute Gasteiger partial charge is 0.147 e. The van der Waals surface area contributed by atoms with E-state index in [0.717, 1.165) is 36.9 Å². The second-order valence-corrected chi connectivity index (χ2v) is 6.36. The van der Waals surface area contributed by atoms with Crippen LogP contribution in [0.2, 0.25) is 5.02 Å². The number of hydrogen-bond donors (Lipinski definition) is 1. The van der Waals surface area contributed by atoms with Gasteiger partial charge in [-0.15, -0.1) is 0 Å². The SMILES string of the molecule is CCCNCc1cnc(N2CCCCC2CCC)c(Cl)c1. The Morgan fingerprint density at radius 2 is 2.19 bits per heavy atom. The van der Waals surface area contributed by atoms with Crippen LogP contribution in [0.1, 0.15) is 57.9 Å². The van der Waals surface area contributed by atoms with E-state index in [2.05, 4.69) is 35.1 Å². The lowest BCUT2D eigenvalue weighted by molar-refractivity contribution is 0.432. The van der Waals surface area contributed by atoms with E-state index in [-0.39, 0.29) is 0 Å². The number of nitrogens with one attached hydrogen (secondary N) is 1. The van der Waals surface area contributed by atoms with Gasteiger partial charge in [-0.05, 0) is 50.3 Å². The molecule has 1 aromatic heterocycles. The van der Waals surface area contributed by atoms with Crippen molar-refractivity contribution in [3.63, 3.8) is 0 Å². The average molecular weight is 310 g/mol. The molecule has 118 valence electrons. The van der Waals surface area contributed by atoms with Crippen LogP contribution in [0.25, 0.3) is 0 Å². The van der Waals surface area contributed by atoms with Crippen molar-refractivity contribution in [3.05, 3.63) is 22.8 Å². The molecule has 0 aromatic carbocycles. The Labute approximate surface area is 134 Å². The van der Waals surface area contributed by atoms with Crippen LogP contribution in [-0.2, 0) is 6.54 Å². The molecular weight excluding hydrogens is 282 g/mol. The van der Waals surface area contributed by atoms with Crippen LogP contribution in [-0.4, -0.2) is 24.1 Å². The number of rotatable bonds is 7. The zero-order chi connectivity index (χ0) is 15.1. The summed E-state index contributed by atoms with van der Waals surface area (Å²) in [5, 5.41) is 4.19. The van der Waals surface area contributed by atoms with E-state index in [4.69, 9.17) is 11.6 Å². The maximum absolute atomic E-state index is 6.51. The second kappa shape index (κ2) is 8.60. The van der Waals surface area contributed by atoms with Gasteiger partial charge in [0.25, 0.3) is 0 Å². The molecule has 1 unspecified atom stereocenters. The van der Waals surface area contributed by atoms with Crippen molar-refractivity contribution in [1.82, 2.24) is 10.3 Å². The van der Waals surface area contributed by atoms with E-state index < -0.39 is 0 Å². The quantitative estimate of drug-likeness (QED) is 0.757. The van der Waals surface area contributed by atoms with E-state index in [1.165, 1.54) is 37.7 Å². The van der Waals surface area contributed by atoms with Gasteiger partial charge in [-0.2, -0.15) is 0 Å². The topological polar surface area (TPSA) is 28.2 Å². The summed E-state index contributed by atoms with van der Waals surface area (Å²) in [7, 11) is 0. The van der Waals surface area contributed by atoms with Gasteiger partial charge < -0.3 is 10.2 Å². The normalized spacial score (nSPS) is 19.0. The van der Waals surface area contributed by atoms with Crippen molar-refractivity contribution in [1.29, 1.82) is 0 Å². The minimum atomic E-state index is 0.609. The minimum Gasteiger partial charge on any atom is -0.352 e. The molecule has 1 aromatic rings. The molecule has 21 heavy (non-hydrogen) atoms. The molecule has 0 spiro atoms. The van der Waals surface area contributed by atoms with Crippen LogP contribution < -0.4 is 10.2 Å². The number of anilines is 1. The lowest BCUT2D eigenvalue weighted by atomic mass is 9.98. The molecule has 1 N–H and O–H groups in total. The number of hydrogen-bond acceptors (Lipinski definition) is 3. The summed E-state index contributed by atoms with van der Waals surface area (Å²) in [5.74, 6) is 0.981. The third kappa shape index (κ3) is 4.58. The van der Waals surface area contributed by atoms with Crippen molar-refractivity contribution in [2.75, 3.05) is 18.0 Å². The van der Waals surface area contributed by atoms with Gasteiger partial charge in [0.2, 0.25) is 0 Å². The van der Waals surface area contributed by atoms with Crippen molar-refractivity contribution >= 4 is 17.4 Å². The number of aromatic nitrogens is 1. The Balaban J connectivity index is 2.07.